The van der Waals surface area contributed by atoms with Crippen LogP contribution in [0, 0.1) is 6.92 Å². The minimum atomic E-state index is -3.17. The molecule has 1 N–H and O–H groups in total. The van der Waals surface area contributed by atoms with E-state index in [9.17, 15) is 8.42 Å². The van der Waals surface area contributed by atoms with Gasteiger partial charge in [-0.05, 0) is 26.0 Å². The van der Waals surface area contributed by atoms with Gasteiger partial charge in [0.1, 0.15) is 0 Å². The lowest BCUT2D eigenvalue weighted by atomic mass is 10.2. The quantitative estimate of drug-likeness (QED) is 0.726. The molecule has 0 aliphatic heterocycles. The zero-order chi connectivity index (χ0) is 13.4. The third-order valence-corrected chi connectivity index (χ3v) is 4.29. The number of hydrogen-bond acceptors (Lipinski definition) is 4. The zero-order valence-corrected chi connectivity index (χ0v) is 11.8. The number of benzene rings is 1. The summed E-state index contributed by atoms with van der Waals surface area (Å²) in [5, 5.41) is 3.05. The summed E-state index contributed by atoms with van der Waals surface area (Å²) in [6.07, 6.45) is 0. The number of sulfone groups is 1. The molecule has 0 fully saturated rings. The first-order valence-electron chi connectivity index (χ1n) is 6.14. The maximum absolute atomic E-state index is 12.0. The molecule has 4 nitrogen and oxygen atoms in total. The smallest absolute Gasteiger partial charge is 0.179 e. The lowest BCUT2D eigenvalue weighted by molar-refractivity contribution is 0.150. The molecule has 0 amide bonds. The molecule has 0 saturated heterocycles. The number of hydrogen-bond donors (Lipinski definition) is 1. The Morgan fingerprint density at radius 3 is 2.44 bits per heavy atom. The molecule has 0 atom stereocenters. The molecule has 0 heterocycles. The molecule has 1 rings (SSSR count). The van der Waals surface area contributed by atoms with Crippen LogP contribution in [0.15, 0.2) is 29.2 Å². The van der Waals surface area contributed by atoms with Crippen molar-refractivity contribution in [1.29, 1.82) is 0 Å². The van der Waals surface area contributed by atoms with Crippen LogP contribution in [0.3, 0.4) is 0 Å². The molecule has 0 aliphatic rings. The molecule has 0 aliphatic carbocycles. The third-order valence-electron chi connectivity index (χ3n) is 2.55. The maximum atomic E-state index is 12.0. The van der Waals surface area contributed by atoms with E-state index in [0.717, 1.165) is 5.56 Å². The highest BCUT2D eigenvalue weighted by atomic mass is 32.2. The fourth-order valence-electron chi connectivity index (χ4n) is 1.48. The average Bonchev–Trinajstić information content (AvgIpc) is 2.34. The number of aryl methyl sites for hydroxylation is 1. The minimum Gasteiger partial charge on any atom is -0.380 e. The van der Waals surface area contributed by atoms with Crippen LogP contribution >= 0.6 is 0 Å². The van der Waals surface area contributed by atoms with Crippen LogP contribution < -0.4 is 5.32 Å². The van der Waals surface area contributed by atoms with Gasteiger partial charge in [-0.25, -0.2) is 8.42 Å². The van der Waals surface area contributed by atoms with Gasteiger partial charge in [0.2, 0.25) is 0 Å². The first kappa shape index (κ1) is 15.1. The van der Waals surface area contributed by atoms with Gasteiger partial charge in [-0.1, -0.05) is 17.7 Å². The van der Waals surface area contributed by atoms with E-state index in [1.54, 1.807) is 12.1 Å². The van der Waals surface area contributed by atoms with Gasteiger partial charge in [-0.2, -0.15) is 0 Å². The summed E-state index contributed by atoms with van der Waals surface area (Å²) in [5.41, 5.74) is 1.06. The van der Waals surface area contributed by atoms with Crippen molar-refractivity contribution in [2.24, 2.45) is 0 Å². The van der Waals surface area contributed by atoms with Crippen LogP contribution in [-0.4, -0.2) is 40.5 Å². The molecule has 0 spiro atoms. The molecule has 0 bridgehead atoms. The molecule has 0 aromatic heterocycles. The van der Waals surface area contributed by atoms with Crippen molar-refractivity contribution in [1.82, 2.24) is 5.32 Å². The van der Waals surface area contributed by atoms with Gasteiger partial charge in [0.15, 0.2) is 9.84 Å². The molecule has 1 aromatic rings. The monoisotopic (exact) mass is 271 g/mol. The molecular weight excluding hydrogens is 250 g/mol. The summed E-state index contributed by atoms with van der Waals surface area (Å²) in [6, 6.07) is 6.94. The van der Waals surface area contributed by atoms with E-state index < -0.39 is 9.84 Å². The van der Waals surface area contributed by atoms with E-state index in [2.05, 4.69) is 5.32 Å². The molecule has 5 heteroatoms. The summed E-state index contributed by atoms with van der Waals surface area (Å²) >= 11 is 0. The molecule has 0 saturated carbocycles. The summed E-state index contributed by atoms with van der Waals surface area (Å²) in [6.45, 7) is 6.29. The summed E-state index contributed by atoms with van der Waals surface area (Å²) in [4.78, 5) is 0.389. The topological polar surface area (TPSA) is 55.4 Å². The van der Waals surface area contributed by atoms with Crippen molar-refractivity contribution in [3.63, 3.8) is 0 Å². The molecule has 0 unspecified atom stereocenters. The van der Waals surface area contributed by atoms with Crippen molar-refractivity contribution >= 4 is 9.84 Å². The Bertz CT molecular complexity index is 440. The highest BCUT2D eigenvalue weighted by Gasteiger charge is 2.12. The van der Waals surface area contributed by atoms with Crippen LogP contribution in [0.25, 0.3) is 0 Å². The highest BCUT2D eigenvalue weighted by molar-refractivity contribution is 7.91. The normalized spacial score (nSPS) is 11.7. The van der Waals surface area contributed by atoms with Gasteiger partial charge in [0.05, 0.1) is 17.3 Å². The lowest BCUT2D eigenvalue weighted by Gasteiger charge is -2.06. The zero-order valence-electron chi connectivity index (χ0n) is 11.0. The SMILES string of the molecule is CCOCCNCCS(=O)(=O)c1ccc(C)cc1. The van der Waals surface area contributed by atoms with Gasteiger partial charge in [-0.15, -0.1) is 0 Å². The van der Waals surface area contributed by atoms with Crippen molar-refractivity contribution in [3.05, 3.63) is 29.8 Å². The Balaban J connectivity index is 2.38. The van der Waals surface area contributed by atoms with Gasteiger partial charge < -0.3 is 10.1 Å². The maximum Gasteiger partial charge on any atom is 0.179 e. The largest absolute Gasteiger partial charge is 0.380 e. The van der Waals surface area contributed by atoms with E-state index in [1.807, 2.05) is 26.0 Å². The fraction of sp³-hybridized carbons (Fsp3) is 0.538. The van der Waals surface area contributed by atoms with Crippen LogP contribution in [0.2, 0.25) is 0 Å². The Labute approximate surface area is 109 Å². The second-order valence-electron chi connectivity index (χ2n) is 4.08. The van der Waals surface area contributed by atoms with Crippen LogP contribution in [0.4, 0.5) is 0 Å². The Morgan fingerprint density at radius 1 is 1.17 bits per heavy atom. The van der Waals surface area contributed by atoms with Gasteiger partial charge in [-0.3, -0.25) is 0 Å². The van der Waals surface area contributed by atoms with E-state index in [-0.39, 0.29) is 5.75 Å². The standard InChI is InChI=1S/C13H21NO3S/c1-3-17-10-8-14-9-11-18(15,16)13-6-4-12(2)5-7-13/h4-7,14H,3,8-11H2,1-2H3. The van der Waals surface area contributed by atoms with Crippen molar-refractivity contribution in [3.8, 4) is 0 Å². The Kier molecular flexibility index (Phi) is 6.32. The van der Waals surface area contributed by atoms with Crippen LogP contribution in [-0.2, 0) is 14.6 Å². The van der Waals surface area contributed by atoms with Crippen molar-refractivity contribution < 1.29 is 13.2 Å². The first-order valence-corrected chi connectivity index (χ1v) is 7.79. The summed E-state index contributed by atoms with van der Waals surface area (Å²) in [5.74, 6) is 0.113. The fourth-order valence-corrected chi connectivity index (χ4v) is 2.68. The highest BCUT2D eigenvalue weighted by Crippen LogP contribution is 2.11. The number of ether oxygens (including phenoxy) is 1. The molecule has 1 aromatic carbocycles. The number of rotatable bonds is 8. The van der Waals surface area contributed by atoms with Crippen LogP contribution in [0.1, 0.15) is 12.5 Å². The van der Waals surface area contributed by atoms with E-state index in [0.29, 0.717) is 31.2 Å². The number of nitrogens with one attached hydrogen (secondary N) is 1. The van der Waals surface area contributed by atoms with Gasteiger partial charge >= 0.3 is 0 Å². The van der Waals surface area contributed by atoms with Crippen LogP contribution in [0.5, 0.6) is 0 Å². The predicted octanol–water partition coefficient (Wildman–Crippen LogP) is 1.39. The van der Waals surface area contributed by atoms with E-state index in [1.165, 1.54) is 0 Å². The summed E-state index contributed by atoms with van der Waals surface area (Å²) < 4.78 is 29.1. The minimum absolute atomic E-state index is 0.113. The third kappa shape index (κ3) is 5.16. The lowest BCUT2D eigenvalue weighted by Crippen LogP contribution is -2.26. The van der Waals surface area contributed by atoms with Gasteiger partial charge in [0.25, 0.3) is 0 Å². The van der Waals surface area contributed by atoms with E-state index >= 15 is 0 Å². The molecule has 0 radical (unpaired) electrons. The Hall–Kier alpha value is -0.910. The predicted molar refractivity (Wildman–Crippen MR) is 72.6 cm³/mol. The first-order chi connectivity index (χ1) is 8.56. The Morgan fingerprint density at radius 2 is 1.83 bits per heavy atom. The van der Waals surface area contributed by atoms with Crippen molar-refractivity contribution in [2.45, 2.75) is 18.7 Å². The van der Waals surface area contributed by atoms with E-state index in [4.69, 9.17) is 4.74 Å². The summed E-state index contributed by atoms with van der Waals surface area (Å²) in [7, 11) is -3.17. The van der Waals surface area contributed by atoms with Gasteiger partial charge in [0, 0.05) is 19.7 Å². The molecular formula is C13H21NO3S. The van der Waals surface area contributed by atoms with Crippen molar-refractivity contribution in [2.75, 3.05) is 32.1 Å². The molecule has 102 valence electrons. The molecule has 18 heavy (non-hydrogen) atoms. The second kappa shape index (κ2) is 7.51. The average molecular weight is 271 g/mol. The second-order valence-corrected chi connectivity index (χ2v) is 6.19.